The van der Waals surface area contributed by atoms with Gasteiger partial charge in [-0.2, -0.15) is 0 Å². The Morgan fingerprint density at radius 3 is 2.82 bits per heavy atom. The van der Waals surface area contributed by atoms with E-state index in [1.165, 1.54) is 12.8 Å². The van der Waals surface area contributed by atoms with E-state index >= 15 is 0 Å². The second kappa shape index (κ2) is 8.67. The summed E-state index contributed by atoms with van der Waals surface area (Å²) in [7, 11) is 1.58. The van der Waals surface area contributed by atoms with Crippen LogP contribution in [0.25, 0.3) is 0 Å². The van der Waals surface area contributed by atoms with Gasteiger partial charge in [0.2, 0.25) is 0 Å². The molecule has 0 aromatic carbocycles. The van der Waals surface area contributed by atoms with Gasteiger partial charge in [0.25, 0.3) is 0 Å². The standard InChI is InChI=1S/C15H29N3O4/c1-11-3-6-18(7-4-11)9-13-14(19)12(10-22-13)17-15(20)16-5-8-21-2/h11-14,19H,3-10H2,1-2H3,(H2,16,17,20)/t12-,13-,14+/m0/s1. The summed E-state index contributed by atoms with van der Waals surface area (Å²) in [6.07, 6.45) is 1.52. The van der Waals surface area contributed by atoms with E-state index < -0.39 is 6.10 Å². The maximum atomic E-state index is 11.7. The Morgan fingerprint density at radius 1 is 1.41 bits per heavy atom. The van der Waals surface area contributed by atoms with E-state index in [1.807, 2.05) is 0 Å². The number of carbonyl (C=O) groups is 1. The van der Waals surface area contributed by atoms with Gasteiger partial charge in [-0.05, 0) is 31.8 Å². The monoisotopic (exact) mass is 315 g/mol. The van der Waals surface area contributed by atoms with Crippen LogP contribution in [0.4, 0.5) is 4.79 Å². The van der Waals surface area contributed by atoms with Crippen molar-refractivity contribution in [1.82, 2.24) is 15.5 Å². The number of hydrogen-bond donors (Lipinski definition) is 3. The number of nitrogens with one attached hydrogen (secondary N) is 2. The topological polar surface area (TPSA) is 83.1 Å². The van der Waals surface area contributed by atoms with Crippen molar-refractivity contribution < 1.29 is 19.4 Å². The van der Waals surface area contributed by atoms with Crippen LogP contribution >= 0.6 is 0 Å². The van der Waals surface area contributed by atoms with Gasteiger partial charge in [-0.25, -0.2) is 4.79 Å². The average Bonchev–Trinajstić information content (AvgIpc) is 2.83. The molecule has 2 aliphatic heterocycles. The largest absolute Gasteiger partial charge is 0.388 e. The van der Waals surface area contributed by atoms with Gasteiger partial charge in [0.15, 0.2) is 0 Å². The molecule has 0 aromatic heterocycles. The first kappa shape index (κ1) is 17.5. The lowest BCUT2D eigenvalue weighted by atomic mass is 9.98. The van der Waals surface area contributed by atoms with Gasteiger partial charge in [0.1, 0.15) is 6.10 Å². The molecule has 7 heteroatoms. The molecule has 2 fully saturated rings. The van der Waals surface area contributed by atoms with Crippen LogP contribution in [0.2, 0.25) is 0 Å². The Labute approximate surface area is 132 Å². The minimum Gasteiger partial charge on any atom is -0.388 e. The second-order valence-corrected chi connectivity index (χ2v) is 6.35. The molecule has 0 spiro atoms. The molecule has 0 bridgehead atoms. The molecule has 3 N–H and O–H groups in total. The predicted octanol–water partition coefficient (Wildman–Crippen LogP) is -0.208. The van der Waals surface area contributed by atoms with Crippen molar-refractivity contribution in [2.45, 2.75) is 38.0 Å². The van der Waals surface area contributed by atoms with Crippen molar-refractivity contribution in [1.29, 1.82) is 0 Å². The van der Waals surface area contributed by atoms with Crippen molar-refractivity contribution >= 4 is 6.03 Å². The first-order valence-corrected chi connectivity index (χ1v) is 8.15. The van der Waals surface area contributed by atoms with Gasteiger partial charge in [0.05, 0.1) is 25.4 Å². The number of urea groups is 1. The van der Waals surface area contributed by atoms with Gasteiger partial charge in [-0.15, -0.1) is 0 Å². The number of ether oxygens (including phenoxy) is 2. The first-order chi connectivity index (χ1) is 10.6. The summed E-state index contributed by atoms with van der Waals surface area (Å²) in [4.78, 5) is 14.0. The van der Waals surface area contributed by atoms with Crippen LogP contribution in [-0.4, -0.2) is 80.8 Å². The average molecular weight is 315 g/mol. The highest BCUT2D eigenvalue weighted by Crippen LogP contribution is 2.20. The van der Waals surface area contributed by atoms with Crippen molar-refractivity contribution in [3.63, 3.8) is 0 Å². The number of amides is 2. The van der Waals surface area contributed by atoms with E-state index in [1.54, 1.807) is 7.11 Å². The van der Waals surface area contributed by atoms with E-state index in [2.05, 4.69) is 22.5 Å². The molecule has 128 valence electrons. The fourth-order valence-corrected chi connectivity index (χ4v) is 2.96. The van der Waals surface area contributed by atoms with Crippen LogP contribution in [0, 0.1) is 5.92 Å². The van der Waals surface area contributed by atoms with Crippen molar-refractivity contribution in [3.05, 3.63) is 0 Å². The van der Waals surface area contributed by atoms with E-state index in [4.69, 9.17) is 9.47 Å². The number of nitrogens with zero attached hydrogens (tertiary/aromatic N) is 1. The van der Waals surface area contributed by atoms with Crippen LogP contribution < -0.4 is 10.6 Å². The molecule has 0 saturated carbocycles. The summed E-state index contributed by atoms with van der Waals surface area (Å²) < 4.78 is 10.5. The number of likely N-dealkylation sites (tertiary alicyclic amines) is 1. The Hall–Kier alpha value is -0.890. The van der Waals surface area contributed by atoms with Gasteiger partial charge in [-0.1, -0.05) is 6.92 Å². The Kier molecular flexibility index (Phi) is 6.88. The summed E-state index contributed by atoms with van der Waals surface area (Å²) in [6, 6.07) is -0.645. The van der Waals surface area contributed by atoms with Gasteiger partial charge >= 0.3 is 6.03 Å². The summed E-state index contributed by atoms with van der Waals surface area (Å²) in [5, 5.41) is 15.8. The fourth-order valence-electron chi connectivity index (χ4n) is 2.96. The van der Waals surface area contributed by atoms with Crippen LogP contribution in [0.1, 0.15) is 19.8 Å². The molecular formula is C15H29N3O4. The lowest BCUT2D eigenvalue weighted by Gasteiger charge is -2.32. The lowest BCUT2D eigenvalue weighted by Crippen LogP contribution is -2.50. The number of methoxy groups -OCH3 is 1. The fraction of sp³-hybridized carbons (Fsp3) is 0.933. The Balaban J connectivity index is 1.70. The molecule has 0 radical (unpaired) electrons. The summed E-state index contributed by atoms with van der Waals surface area (Å²) in [5.41, 5.74) is 0. The third-order valence-electron chi connectivity index (χ3n) is 4.51. The predicted molar refractivity (Wildman–Crippen MR) is 82.8 cm³/mol. The zero-order valence-electron chi connectivity index (χ0n) is 13.6. The number of aliphatic hydroxyl groups is 1. The summed E-state index contributed by atoms with van der Waals surface area (Å²) in [5.74, 6) is 0.788. The normalized spacial score (nSPS) is 30.4. The third kappa shape index (κ3) is 5.08. The highest BCUT2D eigenvalue weighted by atomic mass is 16.5. The van der Waals surface area contributed by atoms with Crippen LogP contribution in [0.15, 0.2) is 0 Å². The molecule has 7 nitrogen and oxygen atoms in total. The Morgan fingerprint density at radius 2 is 2.14 bits per heavy atom. The SMILES string of the molecule is COCCNC(=O)N[C@H]1CO[C@@H](CN2CCC(C)CC2)[C@@H]1O. The lowest BCUT2D eigenvalue weighted by molar-refractivity contribution is 0.00880. The van der Waals surface area contributed by atoms with E-state index in [0.29, 0.717) is 19.8 Å². The van der Waals surface area contributed by atoms with E-state index in [0.717, 1.165) is 25.6 Å². The molecular weight excluding hydrogens is 286 g/mol. The van der Waals surface area contributed by atoms with Gasteiger partial charge in [0, 0.05) is 20.2 Å². The molecule has 22 heavy (non-hydrogen) atoms. The van der Waals surface area contributed by atoms with Crippen molar-refractivity contribution in [2.24, 2.45) is 5.92 Å². The van der Waals surface area contributed by atoms with Crippen molar-refractivity contribution in [2.75, 3.05) is 46.5 Å². The molecule has 0 aliphatic carbocycles. The molecule has 0 aromatic rings. The number of piperidine rings is 1. The van der Waals surface area contributed by atoms with E-state index in [-0.39, 0.29) is 18.2 Å². The number of aliphatic hydroxyl groups excluding tert-OH is 1. The molecule has 2 heterocycles. The third-order valence-corrected chi connectivity index (χ3v) is 4.51. The summed E-state index contributed by atoms with van der Waals surface area (Å²) in [6.45, 7) is 6.40. The van der Waals surface area contributed by atoms with Crippen LogP contribution in [-0.2, 0) is 9.47 Å². The molecule has 2 amide bonds. The number of rotatable bonds is 6. The second-order valence-electron chi connectivity index (χ2n) is 6.35. The molecule has 2 aliphatic rings. The first-order valence-electron chi connectivity index (χ1n) is 8.15. The van der Waals surface area contributed by atoms with Gasteiger partial charge in [-0.3, -0.25) is 0 Å². The zero-order chi connectivity index (χ0) is 15.9. The smallest absolute Gasteiger partial charge is 0.315 e. The van der Waals surface area contributed by atoms with Gasteiger partial charge < -0.3 is 30.1 Å². The quantitative estimate of drug-likeness (QED) is 0.591. The Bertz CT molecular complexity index is 348. The maximum Gasteiger partial charge on any atom is 0.315 e. The minimum absolute atomic E-state index is 0.224. The number of hydrogen-bond acceptors (Lipinski definition) is 5. The minimum atomic E-state index is -0.660. The van der Waals surface area contributed by atoms with Crippen molar-refractivity contribution in [3.8, 4) is 0 Å². The number of carbonyl (C=O) groups excluding carboxylic acids is 1. The van der Waals surface area contributed by atoms with Crippen LogP contribution in [0.3, 0.4) is 0 Å². The molecule has 2 rings (SSSR count). The zero-order valence-corrected chi connectivity index (χ0v) is 13.6. The maximum absolute atomic E-state index is 11.7. The highest BCUT2D eigenvalue weighted by molar-refractivity contribution is 5.74. The van der Waals surface area contributed by atoms with Crippen LogP contribution in [0.5, 0.6) is 0 Å². The summed E-state index contributed by atoms with van der Waals surface area (Å²) >= 11 is 0. The molecule has 2 saturated heterocycles. The molecule has 3 atom stereocenters. The molecule has 0 unspecified atom stereocenters. The highest BCUT2D eigenvalue weighted by Gasteiger charge is 2.37. The van der Waals surface area contributed by atoms with E-state index in [9.17, 15) is 9.90 Å².